The third-order valence-corrected chi connectivity index (χ3v) is 4.07. The Labute approximate surface area is 163 Å². The maximum absolute atomic E-state index is 12.2. The van der Waals surface area contributed by atoms with Crippen molar-refractivity contribution in [2.24, 2.45) is 11.0 Å². The third kappa shape index (κ3) is 5.09. The Morgan fingerprint density at radius 2 is 1.79 bits per heavy atom. The van der Waals surface area contributed by atoms with Crippen LogP contribution in [-0.2, 0) is 4.79 Å². The lowest BCUT2D eigenvalue weighted by molar-refractivity contribution is -0.120. The van der Waals surface area contributed by atoms with E-state index in [1.807, 2.05) is 30.3 Å². The number of rotatable bonds is 7. The molecule has 0 spiro atoms. The average Bonchev–Trinajstić information content (AvgIpc) is 3.17. The highest BCUT2D eigenvalue weighted by Crippen LogP contribution is 2.32. The third-order valence-electron chi connectivity index (χ3n) is 4.07. The lowest BCUT2D eigenvalue weighted by Gasteiger charge is -2.10. The molecule has 3 rings (SSSR count). The minimum absolute atomic E-state index is 0.140. The normalized spacial score (nSPS) is 12.8. The summed E-state index contributed by atoms with van der Waals surface area (Å²) < 4.78 is 10.5. The number of nitrogens with one attached hydrogen (secondary N) is 2. The molecule has 2 aromatic rings. The molecule has 0 aromatic heterocycles. The van der Waals surface area contributed by atoms with Crippen molar-refractivity contribution in [1.82, 2.24) is 10.7 Å². The number of nitrogens with zero attached hydrogens (tertiary/aromatic N) is 1. The highest BCUT2D eigenvalue weighted by Gasteiger charge is 2.16. The zero-order valence-corrected chi connectivity index (χ0v) is 15.9. The summed E-state index contributed by atoms with van der Waals surface area (Å²) in [5.74, 6) is 0.737. The SMILES string of the molecule is CC(C)C/C(=N\NC(=O)CNC(=O)c1ccc2c(c1)OCO2)c1ccccc1. The van der Waals surface area contributed by atoms with Crippen LogP contribution in [0.2, 0.25) is 0 Å². The average molecular weight is 381 g/mol. The molecule has 1 heterocycles. The number of amides is 2. The molecule has 0 saturated heterocycles. The van der Waals surface area contributed by atoms with E-state index in [0.717, 1.165) is 17.7 Å². The number of hydrogen-bond donors (Lipinski definition) is 2. The Hall–Kier alpha value is -3.35. The van der Waals surface area contributed by atoms with Gasteiger partial charge in [0, 0.05) is 5.56 Å². The lowest BCUT2D eigenvalue weighted by Crippen LogP contribution is -2.35. The van der Waals surface area contributed by atoms with Crippen molar-refractivity contribution < 1.29 is 19.1 Å². The monoisotopic (exact) mass is 381 g/mol. The molecule has 7 heteroatoms. The largest absolute Gasteiger partial charge is 0.454 e. The molecule has 1 aliphatic heterocycles. The van der Waals surface area contributed by atoms with E-state index in [0.29, 0.717) is 23.0 Å². The first-order valence-corrected chi connectivity index (χ1v) is 9.11. The van der Waals surface area contributed by atoms with E-state index < -0.39 is 5.91 Å². The number of hydrazone groups is 1. The molecule has 0 atom stereocenters. The van der Waals surface area contributed by atoms with Crippen molar-refractivity contribution in [3.8, 4) is 11.5 Å². The van der Waals surface area contributed by atoms with Crippen molar-refractivity contribution >= 4 is 17.5 Å². The molecule has 0 unspecified atom stereocenters. The first-order valence-electron chi connectivity index (χ1n) is 9.11. The summed E-state index contributed by atoms with van der Waals surface area (Å²) in [6.45, 7) is 4.14. The van der Waals surface area contributed by atoms with Gasteiger partial charge in [0.2, 0.25) is 6.79 Å². The number of fused-ring (bicyclic) bond motifs is 1. The molecule has 2 amide bonds. The van der Waals surface area contributed by atoms with Crippen molar-refractivity contribution in [3.05, 3.63) is 59.7 Å². The van der Waals surface area contributed by atoms with Gasteiger partial charge < -0.3 is 14.8 Å². The second kappa shape index (κ2) is 9.03. The maximum Gasteiger partial charge on any atom is 0.259 e. The van der Waals surface area contributed by atoms with Crippen LogP contribution in [-0.4, -0.2) is 30.9 Å². The number of benzene rings is 2. The number of carbonyl (C=O) groups excluding carboxylic acids is 2. The van der Waals surface area contributed by atoms with Crippen LogP contribution >= 0.6 is 0 Å². The zero-order chi connectivity index (χ0) is 19.9. The molecule has 2 N–H and O–H groups in total. The van der Waals surface area contributed by atoms with Gasteiger partial charge in [-0.1, -0.05) is 44.2 Å². The maximum atomic E-state index is 12.2. The van der Waals surface area contributed by atoms with Gasteiger partial charge in [-0.25, -0.2) is 5.43 Å². The van der Waals surface area contributed by atoms with Gasteiger partial charge in [-0.15, -0.1) is 0 Å². The van der Waals surface area contributed by atoms with Gasteiger partial charge in [-0.2, -0.15) is 5.10 Å². The van der Waals surface area contributed by atoms with Gasteiger partial charge in [0.25, 0.3) is 11.8 Å². The van der Waals surface area contributed by atoms with Crippen LogP contribution in [0.25, 0.3) is 0 Å². The van der Waals surface area contributed by atoms with Crippen LogP contribution in [0.15, 0.2) is 53.6 Å². The van der Waals surface area contributed by atoms with E-state index in [-0.39, 0.29) is 19.2 Å². The molecule has 2 aromatic carbocycles. The molecule has 146 valence electrons. The summed E-state index contributed by atoms with van der Waals surface area (Å²) in [6, 6.07) is 14.6. The van der Waals surface area contributed by atoms with Gasteiger partial charge in [0.1, 0.15) is 0 Å². The van der Waals surface area contributed by atoms with Gasteiger partial charge in [-0.05, 0) is 36.1 Å². The quantitative estimate of drug-likeness (QED) is 0.570. The van der Waals surface area contributed by atoms with Gasteiger partial charge in [-0.3, -0.25) is 9.59 Å². The van der Waals surface area contributed by atoms with Gasteiger partial charge in [0.05, 0.1) is 12.3 Å². The van der Waals surface area contributed by atoms with E-state index in [2.05, 4.69) is 29.7 Å². The molecule has 0 saturated carbocycles. The second-order valence-corrected chi connectivity index (χ2v) is 6.81. The fourth-order valence-electron chi connectivity index (χ4n) is 2.72. The Bertz CT molecular complexity index is 878. The molecular weight excluding hydrogens is 358 g/mol. The minimum atomic E-state index is -0.397. The summed E-state index contributed by atoms with van der Waals surface area (Å²) in [5, 5.41) is 6.84. The summed E-state index contributed by atoms with van der Waals surface area (Å²) in [4.78, 5) is 24.3. The van der Waals surface area contributed by atoms with Gasteiger partial charge in [0.15, 0.2) is 11.5 Å². The summed E-state index contributed by atoms with van der Waals surface area (Å²) in [7, 11) is 0. The van der Waals surface area contributed by atoms with E-state index >= 15 is 0 Å². The minimum Gasteiger partial charge on any atom is -0.454 e. The van der Waals surface area contributed by atoms with Gasteiger partial charge >= 0.3 is 0 Å². The molecule has 28 heavy (non-hydrogen) atoms. The van der Waals surface area contributed by atoms with Crippen LogP contribution in [0.1, 0.15) is 36.2 Å². The topological polar surface area (TPSA) is 89.0 Å². The van der Waals surface area contributed by atoms with E-state index in [4.69, 9.17) is 9.47 Å². The van der Waals surface area contributed by atoms with Crippen molar-refractivity contribution in [2.45, 2.75) is 20.3 Å². The van der Waals surface area contributed by atoms with Crippen LogP contribution in [0.5, 0.6) is 11.5 Å². The smallest absolute Gasteiger partial charge is 0.259 e. The molecule has 1 aliphatic rings. The van der Waals surface area contributed by atoms with Crippen LogP contribution < -0.4 is 20.2 Å². The van der Waals surface area contributed by atoms with Crippen LogP contribution in [0.4, 0.5) is 0 Å². The van der Waals surface area contributed by atoms with Crippen molar-refractivity contribution in [1.29, 1.82) is 0 Å². The second-order valence-electron chi connectivity index (χ2n) is 6.81. The molecule has 0 fully saturated rings. The summed E-state index contributed by atoms with van der Waals surface area (Å²) in [5.41, 5.74) is 4.67. The predicted octanol–water partition coefficient (Wildman–Crippen LogP) is 2.71. The lowest BCUT2D eigenvalue weighted by atomic mass is 10.0. The fourth-order valence-corrected chi connectivity index (χ4v) is 2.72. The highest BCUT2D eigenvalue weighted by molar-refractivity contribution is 6.01. The van der Waals surface area contributed by atoms with Crippen LogP contribution in [0.3, 0.4) is 0 Å². The molecule has 0 radical (unpaired) electrons. The highest BCUT2D eigenvalue weighted by atomic mass is 16.7. The number of carbonyl (C=O) groups is 2. The zero-order valence-electron chi connectivity index (χ0n) is 15.9. The standard InChI is InChI=1S/C21H23N3O4/c1-14(2)10-17(15-6-4-3-5-7-15)23-24-20(25)12-22-21(26)16-8-9-18-19(11-16)28-13-27-18/h3-9,11,14H,10,12-13H2,1-2H3,(H,22,26)(H,24,25)/b23-17+. The Morgan fingerprint density at radius 3 is 2.54 bits per heavy atom. The Balaban J connectivity index is 1.56. The fraction of sp³-hybridized carbons (Fsp3) is 0.286. The van der Waals surface area contributed by atoms with E-state index in [9.17, 15) is 9.59 Å². The number of hydrogen-bond acceptors (Lipinski definition) is 5. The first-order chi connectivity index (χ1) is 13.5. The summed E-state index contributed by atoms with van der Waals surface area (Å²) >= 11 is 0. The molecule has 0 bridgehead atoms. The Morgan fingerprint density at radius 1 is 1.04 bits per heavy atom. The first kappa shape index (κ1) is 19.4. The van der Waals surface area contributed by atoms with E-state index in [1.54, 1.807) is 18.2 Å². The molecule has 7 nitrogen and oxygen atoms in total. The Kier molecular flexibility index (Phi) is 6.26. The summed E-state index contributed by atoms with van der Waals surface area (Å²) in [6.07, 6.45) is 0.730. The number of ether oxygens (including phenoxy) is 2. The van der Waals surface area contributed by atoms with Crippen molar-refractivity contribution in [3.63, 3.8) is 0 Å². The molecular formula is C21H23N3O4. The predicted molar refractivity (Wildman–Crippen MR) is 105 cm³/mol. The van der Waals surface area contributed by atoms with Crippen molar-refractivity contribution in [2.75, 3.05) is 13.3 Å². The molecule has 0 aliphatic carbocycles. The van der Waals surface area contributed by atoms with E-state index in [1.165, 1.54) is 0 Å². The van der Waals surface area contributed by atoms with Crippen LogP contribution in [0, 0.1) is 5.92 Å².